The number of para-hydroxylation sites is 1. The van der Waals surface area contributed by atoms with Gasteiger partial charge in [-0.1, -0.05) is 25.1 Å². The van der Waals surface area contributed by atoms with Crippen LogP contribution >= 0.6 is 11.8 Å². The monoisotopic (exact) mass is 305 g/mol. The minimum Gasteiger partial charge on any atom is -0.496 e. The molecule has 0 saturated heterocycles. The lowest BCUT2D eigenvalue weighted by molar-refractivity contribution is 0.403. The Kier molecular flexibility index (Phi) is 6.08. The van der Waals surface area contributed by atoms with E-state index in [4.69, 9.17) is 4.74 Å². The molecule has 0 saturated carbocycles. The van der Waals surface area contributed by atoms with Crippen molar-refractivity contribution in [1.82, 2.24) is 5.32 Å². The van der Waals surface area contributed by atoms with Crippen molar-refractivity contribution in [2.24, 2.45) is 0 Å². The molecule has 1 N–H and O–H groups in total. The molecule has 0 radical (unpaired) electrons. The summed E-state index contributed by atoms with van der Waals surface area (Å²) in [6.07, 6.45) is 0. The second-order valence-corrected chi connectivity index (χ2v) is 5.71. The number of hydrogen-bond donors (Lipinski definition) is 1. The van der Waals surface area contributed by atoms with E-state index < -0.39 is 0 Å². The molecule has 0 fully saturated rings. The Morgan fingerprint density at radius 3 is 2.52 bits per heavy atom. The molecule has 0 spiro atoms. The Labute approximate surface area is 129 Å². The molecule has 0 amide bonds. The zero-order valence-electron chi connectivity index (χ0n) is 12.3. The number of rotatable bonds is 7. The first-order valence-electron chi connectivity index (χ1n) is 6.99. The highest BCUT2D eigenvalue weighted by molar-refractivity contribution is 7.99. The van der Waals surface area contributed by atoms with Gasteiger partial charge in [0.05, 0.1) is 7.11 Å². The molecule has 2 rings (SSSR count). The van der Waals surface area contributed by atoms with Crippen molar-refractivity contribution in [3.63, 3.8) is 0 Å². The van der Waals surface area contributed by atoms with E-state index in [1.54, 1.807) is 18.9 Å². The quantitative estimate of drug-likeness (QED) is 0.772. The van der Waals surface area contributed by atoms with Crippen molar-refractivity contribution in [3.8, 4) is 5.75 Å². The fourth-order valence-corrected chi connectivity index (χ4v) is 3.15. The van der Waals surface area contributed by atoms with Gasteiger partial charge >= 0.3 is 0 Å². The molecule has 2 aromatic carbocycles. The Balaban J connectivity index is 2.10. The van der Waals surface area contributed by atoms with E-state index in [0.29, 0.717) is 0 Å². The van der Waals surface area contributed by atoms with Gasteiger partial charge in [-0.15, -0.1) is 11.8 Å². The van der Waals surface area contributed by atoms with Gasteiger partial charge in [0, 0.05) is 22.3 Å². The molecule has 21 heavy (non-hydrogen) atoms. The number of halogens is 1. The van der Waals surface area contributed by atoms with E-state index in [0.717, 1.165) is 28.5 Å². The van der Waals surface area contributed by atoms with Crippen LogP contribution in [0.15, 0.2) is 53.4 Å². The SMILES string of the molecule is CCNC(CSc1ccc(F)cc1)c1ccccc1OC. The van der Waals surface area contributed by atoms with Crippen LogP contribution in [0.25, 0.3) is 0 Å². The summed E-state index contributed by atoms with van der Waals surface area (Å²) in [6, 6.07) is 14.8. The first kappa shape index (κ1) is 15.9. The predicted molar refractivity (Wildman–Crippen MR) is 86.5 cm³/mol. The van der Waals surface area contributed by atoms with E-state index in [9.17, 15) is 4.39 Å². The Morgan fingerprint density at radius 2 is 1.86 bits per heavy atom. The Bertz CT molecular complexity index is 559. The van der Waals surface area contributed by atoms with Gasteiger partial charge in [0.1, 0.15) is 11.6 Å². The van der Waals surface area contributed by atoms with Gasteiger partial charge in [-0.3, -0.25) is 0 Å². The van der Waals surface area contributed by atoms with Crippen LogP contribution in [0.4, 0.5) is 4.39 Å². The first-order chi connectivity index (χ1) is 10.2. The fraction of sp³-hybridized carbons (Fsp3) is 0.294. The average Bonchev–Trinajstić information content (AvgIpc) is 2.53. The lowest BCUT2D eigenvalue weighted by Gasteiger charge is -2.20. The van der Waals surface area contributed by atoms with Crippen molar-refractivity contribution in [1.29, 1.82) is 0 Å². The van der Waals surface area contributed by atoms with Crippen molar-refractivity contribution >= 4 is 11.8 Å². The van der Waals surface area contributed by atoms with Crippen LogP contribution in [0.2, 0.25) is 0 Å². The summed E-state index contributed by atoms with van der Waals surface area (Å²) in [7, 11) is 1.69. The van der Waals surface area contributed by atoms with Gasteiger partial charge in [-0.05, 0) is 36.9 Å². The standard InChI is InChI=1S/C17H20FNOS/c1-3-19-16(15-6-4-5-7-17(15)20-2)12-21-14-10-8-13(18)9-11-14/h4-11,16,19H,3,12H2,1-2H3. The molecule has 0 aromatic heterocycles. The first-order valence-corrected chi connectivity index (χ1v) is 7.97. The third kappa shape index (κ3) is 4.48. The molecule has 0 aliphatic heterocycles. The van der Waals surface area contributed by atoms with Crippen LogP contribution in [-0.2, 0) is 0 Å². The van der Waals surface area contributed by atoms with Gasteiger partial charge in [0.25, 0.3) is 0 Å². The van der Waals surface area contributed by atoms with Crippen LogP contribution in [0.5, 0.6) is 5.75 Å². The van der Waals surface area contributed by atoms with Crippen LogP contribution in [-0.4, -0.2) is 19.4 Å². The van der Waals surface area contributed by atoms with Gasteiger partial charge in [-0.2, -0.15) is 0 Å². The van der Waals surface area contributed by atoms with Crippen LogP contribution in [0.3, 0.4) is 0 Å². The number of ether oxygens (including phenoxy) is 1. The van der Waals surface area contributed by atoms with Gasteiger partial charge < -0.3 is 10.1 Å². The minimum absolute atomic E-state index is 0.196. The van der Waals surface area contributed by atoms with Gasteiger partial charge in [0.15, 0.2) is 0 Å². The van der Waals surface area contributed by atoms with Gasteiger partial charge in [0.2, 0.25) is 0 Å². The molecule has 4 heteroatoms. The molecule has 0 heterocycles. The average molecular weight is 305 g/mol. The lowest BCUT2D eigenvalue weighted by atomic mass is 10.1. The molecular formula is C17H20FNOS. The molecule has 0 bridgehead atoms. The summed E-state index contributed by atoms with van der Waals surface area (Å²) >= 11 is 1.71. The smallest absolute Gasteiger partial charge is 0.123 e. The van der Waals surface area contributed by atoms with E-state index in [1.807, 2.05) is 30.3 Å². The molecule has 0 aliphatic rings. The maximum Gasteiger partial charge on any atom is 0.123 e. The number of benzene rings is 2. The highest BCUT2D eigenvalue weighted by Gasteiger charge is 2.15. The highest BCUT2D eigenvalue weighted by Crippen LogP contribution is 2.30. The summed E-state index contributed by atoms with van der Waals surface area (Å²) < 4.78 is 18.4. The Hall–Kier alpha value is -1.52. The molecule has 1 unspecified atom stereocenters. The molecule has 2 aromatic rings. The van der Waals surface area contributed by atoms with Gasteiger partial charge in [-0.25, -0.2) is 4.39 Å². The third-order valence-electron chi connectivity index (χ3n) is 3.20. The number of thioether (sulfide) groups is 1. The zero-order chi connectivity index (χ0) is 15.1. The maximum atomic E-state index is 12.9. The van der Waals surface area contributed by atoms with E-state index in [2.05, 4.69) is 18.3 Å². The number of hydrogen-bond acceptors (Lipinski definition) is 3. The maximum absolute atomic E-state index is 12.9. The summed E-state index contributed by atoms with van der Waals surface area (Å²) in [6.45, 7) is 2.97. The van der Waals surface area contributed by atoms with Crippen molar-refractivity contribution in [2.75, 3.05) is 19.4 Å². The molecule has 2 nitrogen and oxygen atoms in total. The third-order valence-corrected chi connectivity index (χ3v) is 4.30. The van der Waals surface area contributed by atoms with Crippen molar-refractivity contribution in [3.05, 3.63) is 59.9 Å². The minimum atomic E-state index is -0.202. The molecular weight excluding hydrogens is 285 g/mol. The predicted octanol–water partition coefficient (Wildman–Crippen LogP) is 4.28. The summed E-state index contributed by atoms with van der Waals surface area (Å²) in [5.74, 6) is 1.55. The molecule has 0 aliphatic carbocycles. The zero-order valence-corrected chi connectivity index (χ0v) is 13.1. The van der Waals surface area contributed by atoms with Crippen LogP contribution in [0.1, 0.15) is 18.5 Å². The second kappa shape index (κ2) is 8.05. The van der Waals surface area contributed by atoms with Crippen LogP contribution in [0, 0.1) is 5.82 Å². The van der Waals surface area contributed by atoms with Crippen LogP contribution < -0.4 is 10.1 Å². The summed E-state index contributed by atoms with van der Waals surface area (Å²) in [4.78, 5) is 1.06. The number of nitrogens with one attached hydrogen (secondary N) is 1. The molecule has 1 atom stereocenters. The molecule has 112 valence electrons. The highest BCUT2D eigenvalue weighted by atomic mass is 32.2. The van der Waals surface area contributed by atoms with E-state index in [1.165, 1.54) is 12.1 Å². The fourth-order valence-electron chi connectivity index (χ4n) is 2.17. The second-order valence-electron chi connectivity index (χ2n) is 4.62. The van der Waals surface area contributed by atoms with Crippen molar-refractivity contribution < 1.29 is 9.13 Å². The number of methoxy groups -OCH3 is 1. The summed E-state index contributed by atoms with van der Waals surface area (Å²) in [5.41, 5.74) is 1.15. The topological polar surface area (TPSA) is 21.3 Å². The van der Waals surface area contributed by atoms with E-state index in [-0.39, 0.29) is 11.9 Å². The van der Waals surface area contributed by atoms with Crippen molar-refractivity contribution in [2.45, 2.75) is 17.9 Å². The van der Waals surface area contributed by atoms with E-state index >= 15 is 0 Å². The normalized spacial score (nSPS) is 12.1. The summed E-state index contributed by atoms with van der Waals surface area (Å²) in [5, 5.41) is 3.48. The lowest BCUT2D eigenvalue weighted by Crippen LogP contribution is -2.23. The largest absolute Gasteiger partial charge is 0.496 e. The Morgan fingerprint density at radius 1 is 1.14 bits per heavy atom.